The topological polar surface area (TPSA) is 41.9 Å². The number of alkyl halides is 12. The molecule has 0 bridgehead atoms. The van der Waals surface area contributed by atoms with E-state index >= 15 is 0 Å². The maximum Gasteiger partial charge on any atom is 0.463 e. The molecule has 4 nitrogen and oxygen atoms in total. The SMILES string of the molecule is O=NC(F)(N1C(F)(F)C(F)(F)OC(F)(F)C1(F)F)C(F)(F)F. The zero-order chi connectivity index (χ0) is 18.0. The minimum atomic E-state index is -7.09. The summed E-state index contributed by atoms with van der Waals surface area (Å²) in [5.41, 5.74) is 0. The van der Waals surface area contributed by atoms with Gasteiger partial charge in [0.1, 0.15) is 0 Å². The van der Waals surface area contributed by atoms with Crippen LogP contribution < -0.4 is 0 Å². The summed E-state index contributed by atoms with van der Waals surface area (Å²) in [5.74, 6) is -6.81. The molecule has 0 aromatic carbocycles. The zero-order valence-corrected chi connectivity index (χ0v) is 9.25. The maximum atomic E-state index is 13.2. The van der Waals surface area contributed by atoms with E-state index in [9.17, 15) is 57.6 Å². The number of hydrogen-bond acceptors (Lipinski definition) is 4. The summed E-state index contributed by atoms with van der Waals surface area (Å²) in [6.07, 6.45) is -20.5. The Labute approximate surface area is 110 Å². The molecule has 1 rings (SSSR count). The second-order valence-electron chi connectivity index (χ2n) is 3.73. The Morgan fingerprint density at radius 1 is 0.773 bits per heavy atom. The molecule has 1 unspecified atom stereocenters. The summed E-state index contributed by atoms with van der Waals surface area (Å²) in [6.45, 7) is 0. The predicted octanol–water partition coefficient (Wildman–Crippen LogP) is 3.64. The molecule has 1 fully saturated rings. The van der Waals surface area contributed by atoms with Gasteiger partial charge in [-0.3, -0.25) is 0 Å². The van der Waals surface area contributed by atoms with E-state index in [1.165, 1.54) is 0 Å². The quantitative estimate of drug-likeness (QED) is 0.429. The highest BCUT2D eigenvalue weighted by Gasteiger charge is 2.90. The lowest BCUT2D eigenvalue weighted by Crippen LogP contribution is -2.80. The Balaban J connectivity index is 3.74. The van der Waals surface area contributed by atoms with E-state index < -0.39 is 41.3 Å². The summed E-state index contributed by atoms with van der Waals surface area (Å²) in [5, 5.41) is 0.239. The lowest BCUT2D eigenvalue weighted by atomic mass is 10.2. The van der Waals surface area contributed by atoms with E-state index in [-0.39, 0.29) is 5.18 Å². The van der Waals surface area contributed by atoms with Gasteiger partial charge >= 0.3 is 36.4 Å². The molecule has 1 aliphatic rings. The third-order valence-electron chi connectivity index (χ3n) is 2.30. The van der Waals surface area contributed by atoms with Crippen molar-refractivity contribution in [3.63, 3.8) is 0 Å². The number of hydrogen-bond donors (Lipinski definition) is 0. The monoisotopic (exact) mass is 360 g/mol. The minimum absolute atomic E-state index is 0.239. The van der Waals surface area contributed by atoms with Gasteiger partial charge in [0.2, 0.25) is 0 Å². The second-order valence-corrected chi connectivity index (χ2v) is 3.73. The first-order valence-corrected chi connectivity index (χ1v) is 4.50. The van der Waals surface area contributed by atoms with Gasteiger partial charge in [0.15, 0.2) is 0 Å². The molecule has 1 atom stereocenters. The molecular formula is C6F12N2O2. The largest absolute Gasteiger partial charge is 0.463 e. The number of halogens is 12. The molecule has 0 aromatic rings. The van der Waals surface area contributed by atoms with Crippen LogP contribution in [0.15, 0.2) is 5.18 Å². The van der Waals surface area contributed by atoms with Crippen LogP contribution in [0.25, 0.3) is 0 Å². The van der Waals surface area contributed by atoms with Gasteiger partial charge < -0.3 is 0 Å². The summed E-state index contributed by atoms with van der Waals surface area (Å²) >= 11 is 0. The zero-order valence-electron chi connectivity index (χ0n) is 9.25. The normalized spacial score (nSPS) is 29.6. The maximum absolute atomic E-state index is 13.2. The fraction of sp³-hybridized carbons (Fsp3) is 1.00. The first kappa shape index (κ1) is 18.7. The van der Waals surface area contributed by atoms with E-state index in [0.717, 1.165) is 0 Å². The molecule has 1 saturated heterocycles. The second kappa shape index (κ2) is 4.36. The number of ether oxygens (including phenoxy) is 1. The van der Waals surface area contributed by atoms with Crippen molar-refractivity contribution < 1.29 is 57.4 Å². The van der Waals surface area contributed by atoms with Crippen molar-refractivity contribution >= 4 is 0 Å². The predicted molar refractivity (Wildman–Crippen MR) is 38.4 cm³/mol. The highest BCUT2D eigenvalue weighted by molar-refractivity contribution is 5.02. The standard InChI is InChI=1S/C6F12N2O2/c7-1(8,9)6(18,19-21)20-2(10,11)4(14,15)22-5(16,17)3(20,12)13. The van der Waals surface area contributed by atoms with Crippen LogP contribution in [-0.4, -0.2) is 41.3 Å². The summed E-state index contributed by atoms with van der Waals surface area (Å²) in [4.78, 5) is 6.12. The van der Waals surface area contributed by atoms with E-state index in [4.69, 9.17) is 0 Å². The molecule has 130 valence electrons. The van der Waals surface area contributed by atoms with Gasteiger partial charge in [-0.05, 0) is 5.18 Å². The average molecular weight is 360 g/mol. The van der Waals surface area contributed by atoms with Gasteiger partial charge in [0, 0.05) is 0 Å². The van der Waals surface area contributed by atoms with Gasteiger partial charge in [-0.1, -0.05) is 0 Å². The third kappa shape index (κ3) is 2.10. The minimum Gasteiger partial charge on any atom is -0.243 e. The molecule has 16 heteroatoms. The van der Waals surface area contributed by atoms with Gasteiger partial charge in [-0.25, -0.2) is 4.74 Å². The summed E-state index contributed by atoms with van der Waals surface area (Å²) < 4.78 is 154. The molecule has 0 radical (unpaired) electrons. The molecule has 1 aliphatic heterocycles. The van der Waals surface area contributed by atoms with Gasteiger partial charge in [-0.2, -0.15) is 52.7 Å². The van der Waals surface area contributed by atoms with Crippen molar-refractivity contribution in [2.75, 3.05) is 0 Å². The van der Waals surface area contributed by atoms with Gasteiger partial charge in [-0.15, -0.1) is 9.81 Å². The van der Waals surface area contributed by atoms with Crippen LogP contribution in [0, 0.1) is 4.91 Å². The number of nitroso groups, excluding NO2 is 1. The number of rotatable bonds is 2. The lowest BCUT2D eigenvalue weighted by molar-refractivity contribution is -0.586. The van der Waals surface area contributed by atoms with Crippen molar-refractivity contribution in [1.29, 1.82) is 0 Å². The molecule has 0 aliphatic carbocycles. The Morgan fingerprint density at radius 3 is 1.32 bits per heavy atom. The Hall–Kier alpha value is -1.32. The van der Waals surface area contributed by atoms with Crippen LogP contribution in [0.5, 0.6) is 0 Å². The molecule has 0 N–H and O–H groups in total. The van der Waals surface area contributed by atoms with Crippen LogP contribution in [0.1, 0.15) is 0 Å². The van der Waals surface area contributed by atoms with Crippen LogP contribution in [0.2, 0.25) is 0 Å². The van der Waals surface area contributed by atoms with Gasteiger partial charge in [0.05, 0.1) is 0 Å². The van der Waals surface area contributed by atoms with Crippen LogP contribution in [0.4, 0.5) is 52.7 Å². The van der Waals surface area contributed by atoms with Crippen molar-refractivity contribution in [2.24, 2.45) is 5.18 Å². The smallest absolute Gasteiger partial charge is 0.243 e. The fourth-order valence-electron chi connectivity index (χ4n) is 1.31. The van der Waals surface area contributed by atoms with Crippen molar-refractivity contribution in [3.05, 3.63) is 4.91 Å². The van der Waals surface area contributed by atoms with E-state index in [0.29, 0.717) is 0 Å². The molecule has 0 saturated carbocycles. The van der Waals surface area contributed by atoms with Crippen LogP contribution in [0.3, 0.4) is 0 Å². The van der Waals surface area contributed by atoms with Crippen molar-refractivity contribution in [3.8, 4) is 0 Å². The summed E-state index contributed by atoms with van der Waals surface area (Å²) in [7, 11) is 0. The molecule has 0 amide bonds. The number of morpholine rings is 1. The number of nitrogens with zero attached hydrogens (tertiary/aromatic N) is 2. The lowest BCUT2D eigenvalue weighted by Gasteiger charge is -2.49. The molecule has 0 aromatic heterocycles. The average Bonchev–Trinajstić information content (AvgIpc) is 2.23. The van der Waals surface area contributed by atoms with Crippen LogP contribution in [-0.2, 0) is 4.74 Å². The Morgan fingerprint density at radius 2 is 1.09 bits per heavy atom. The molecule has 22 heavy (non-hydrogen) atoms. The highest BCUT2D eigenvalue weighted by Crippen LogP contribution is 2.60. The first-order chi connectivity index (χ1) is 9.38. The molecule has 0 spiro atoms. The van der Waals surface area contributed by atoms with Crippen molar-refractivity contribution in [1.82, 2.24) is 4.90 Å². The van der Waals surface area contributed by atoms with E-state index in [1.54, 1.807) is 4.74 Å². The Kier molecular flexibility index (Phi) is 3.71. The highest BCUT2D eigenvalue weighted by atomic mass is 19.4. The molecule has 1 heterocycles. The molecular weight excluding hydrogens is 360 g/mol. The van der Waals surface area contributed by atoms with Crippen molar-refractivity contribution in [2.45, 2.75) is 36.4 Å². The fourth-order valence-corrected chi connectivity index (χ4v) is 1.31. The van der Waals surface area contributed by atoms with Gasteiger partial charge in [0.25, 0.3) is 0 Å². The first-order valence-electron chi connectivity index (χ1n) is 4.50. The Bertz CT molecular complexity index is 449. The van der Waals surface area contributed by atoms with E-state index in [1.807, 2.05) is 0 Å². The van der Waals surface area contributed by atoms with Crippen LogP contribution >= 0.6 is 0 Å². The summed E-state index contributed by atoms with van der Waals surface area (Å²) in [6, 6.07) is -14.0. The third-order valence-corrected chi connectivity index (χ3v) is 2.30. The van der Waals surface area contributed by atoms with E-state index in [2.05, 4.69) is 0 Å².